The summed E-state index contributed by atoms with van der Waals surface area (Å²) in [4.78, 5) is 4.25. The molecule has 7 heteroatoms. The monoisotopic (exact) mass is 610 g/mol. The van der Waals surface area contributed by atoms with Crippen LogP contribution in [0.2, 0.25) is 0 Å². The van der Waals surface area contributed by atoms with Gasteiger partial charge in [-0.2, -0.15) is 4.57 Å². The Morgan fingerprint density at radius 1 is 0.605 bits per heavy atom. The van der Waals surface area contributed by atoms with Crippen molar-refractivity contribution >= 4 is 0 Å². The van der Waals surface area contributed by atoms with Gasteiger partial charge in [0.2, 0.25) is 6.33 Å². The van der Waals surface area contributed by atoms with Crippen molar-refractivity contribution in [1.82, 2.24) is 14.1 Å². The quantitative estimate of drug-likeness (QED) is 0.194. The van der Waals surface area contributed by atoms with Gasteiger partial charge in [0.25, 0.3) is 0 Å². The van der Waals surface area contributed by atoms with E-state index in [2.05, 4.69) is 49.4 Å². The Morgan fingerprint density at radius 2 is 1.11 bits per heavy atom. The van der Waals surface area contributed by atoms with Crippen LogP contribution in [0.5, 0.6) is 23.0 Å². The number of rotatable bonds is 0. The maximum Gasteiger partial charge on any atom is 0.249 e. The van der Waals surface area contributed by atoms with Crippen molar-refractivity contribution in [2.45, 2.75) is 0 Å². The maximum atomic E-state index is 6.05. The molecular formula is C31H23IN4O2. The second-order valence-electron chi connectivity index (χ2n) is 8.95. The number of ether oxygens (including phenoxy) is 2. The van der Waals surface area contributed by atoms with E-state index in [1.807, 2.05) is 98.4 Å². The van der Waals surface area contributed by atoms with E-state index in [-0.39, 0.29) is 24.0 Å². The number of nitrogens with zero attached hydrogens (tertiary/aromatic N) is 4. The number of halogens is 1. The number of benzene rings is 4. The highest BCUT2D eigenvalue weighted by atomic mass is 127. The third-order valence-electron chi connectivity index (χ3n) is 6.54. The largest absolute Gasteiger partial charge is 1.00 e. The Balaban J connectivity index is 0.000000136. The summed E-state index contributed by atoms with van der Waals surface area (Å²) in [7, 11) is 2.04. The first-order valence-electron chi connectivity index (χ1n) is 12.1. The average Bonchev–Trinajstić information content (AvgIpc) is 3.51. The van der Waals surface area contributed by atoms with Gasteiger partial charge in [-0.05, 0) is 48.5 Å². The molecule has 8 rings (SSSR count). The molecule has 0 aliphatic carbocycles. The molecule has 2 aromatic heterocycles. The number of para-hydroxylation sites is 6. The van der Waals surface area contributed by atoms with Crippen LogP contribution in [-0.4, -0.2) is 14.1 Å². The number of imidazole rings is 2. The van der Waals surface area contributed by atoms with E-state index < -0.39 is 0 Å². The Labute approximate surface area is 237 Å². The third kappa shape index (κ3) is 4.05. The van der Waals surface area contributed by atoms with Crippen molar-refractivity contribution in [2.24, 2.45) is 7.05 Å². The SMILES string of the molecule is C[n+]1cc2n(c1)-c1ccccc1Oc1ccccc1-2.[I-].c1ccc2c(c1)Oc1ccccc1-n1cncc1-2. The van der Waals surface area contributed by atoms with Crippen molar-refractivity contribution in [3.8, 4) is 56.9 Å². The number of aryl methyl sites for hydroxylation is 1. The molecule has 0 spiro atoms. The molecule has 186 valence electrons. The van der Waals surface area contributed by atoms with Crippen molar-refractivity contribution in [3.63, 3.8) is 0 Å². The van der Waals surface area contributed by atoms with Gasteiger partial charge in [-0.3, -0.25) is 4.57 Å². The normalized spacial score (nSPS) is 11.5. The number of aromatic nitrogens is 4. The van der Waals surface area contributed by atoms with Gasteiger partial charge in [-0.25, -0.2) is 9.55 Å². The molecule has 0 N–H and O–H groups in total. The van der Waals surface area contributed by atoms with Crippen LogP contribution in [-0.2, 0) is 7.05 Å². The van der Waals surface area contributed by atoms with Crippen molar-refractivity contribution in [2.75, 3.05) is 0 Å². The summed E-state index contributed by atoms with van der Waals surface area (Å²) in [5.41, 5.74) is 6.44. The van der Waals surface area contributed by atoms with Gasteiger partial charge < -0.3 is 33.5 Å². The third-order valence-corrected chi connectivity index (χ3v) is 6.54. The zero-order chi connectivity index (χ0) is 24.8. The molecule has 4 aromatic carbocycles. The standard InChI is InChI=1S/C16H13N2O.C15H10N2O.HI/c1-17-10-14-12-6-2-4-8-15(12)19-16-9-5-3-7-13(16)18(14)11-17;1-3-7-14-11(5-1)13-9-16-10-17(13)12-6-2-4-8-15(12)18-14;/h2-11H,1H3;1-10H;1H/q+1;;/p-1. The van der Waals surface area contributed by atoms with Gasteiger partial charge in [-0.15, -0.1) is 0 Å². The van der Waals surface area contributed by atoms with Gasteiger partial charge in [0.1, 0.15) is 17.7 Å². The van der Waals surface area contributed by atoms with Gasteiger partial charge in [0.05, 0.1) is 36.5 Å². The van der Waals surface area contributed by atoms with Crippen LogP contribution in [0.25, 0.3) is 33.9 Å². The minimum absolute atomic E-state index is 0. The smallest absolute Gasteiger partial charge is 0.249 e. The Kier molecular flexibility index (Phi) is 6.21. The van der Waals surface area contributed by atoms with Crippen LogP contribution in [0.4, 0.5) is 0 Å². The fourth-order valence-electron chi connectivity index (χ4n) is 4.87. The Hall–Kier alpha value is -4.37. The van der Waals surface area contributed by atoms with E-state index in [0.29, 0.717) is 0 Å². The van der Waals surface area contributed by atoms with E-state index in [1.165, 1.54) is 0 Å². The molecule has 0 radical (unpaired) electrons. The lowest BCUT2D eigenvalue weighted by molar-refractivity contribution is -0.670. The molecular weight excluding hydrogens is 587 g/mol. The first-order valence-corrected chi connectivity index (χ1v) is 12.1. The van der Waals surface area contributed by atoms with E-state index in [1.54, 1.807) is 0 Å². The van der Waals surface area contributed by atoms with Crippen molar-refractivity contribution in [3.05, 3.63) is 122 Å². The predicted molar refractivity (Wildman–Crippen MR) is 142 cm³/mol. The molecule has 4 heterocycles. The molecule has 0 fully saturated rings. The summed E-state index contributed by atoms with van der Waals surface area (Å²) in [6.07, 6.45) is 7.87. The summed E-state index contributed by atoms with van der Waals surface area (Å²) in [6, 6.07) is 32.2. The fraction of sp³-hybridized carbons (Fsp3) is 0.0323. The van der Waals surface area contributed by atoms with Crippen molar-refractivity contribution < 1.29 is 38.0 Å². The minimum atomic E-state index is 0. The average molecular weight is 610 g/mol. The number of hydrogen-bond donors (Lipinski definition) is 0. The first-order chi connectivity index (χ1) is 18.3. The summed E-state index contributed by atoms with van der Waals surface area (Å²) < 4.78 is 18.3. The molecule has 2 aliphatic heterocycles. The molecule has 6 aromatic rings. The zero-order valence-electron chi connectivity index (χ0n) is 20.5. The summed E-state index contributed by atoms with van der Waals surface area (Å²) in [6.45, 7) is 0. The zero-order valence-corrected chi connectivity index (χ0v) is 22.7. The predicted octanol–water partition coefficient (Wildman–Crippen LogP) is 3.72. The highest BCUT2D eigenvalue weighted by Crippen LogP contribution is 2.41. The highest BCUT2D eigenvalue weighted by Gasteiger charge is 2.26. The first kappa shape index (κ1) is 24.0. The lowest BCUT2D eigenvalue weighted by Gasteiger charge is -2.07. The molecule has 0 bridgehead atoms. The summed E-state index contributed by atoms with van der Waals surface area (Å²) >= 11 is 0. The Bertz CT molecular complexity index is 1650. The second kappa shape index (κ2) is 9.83. The van der Waals surface area contributed by atoms with Crippen LogP contribution in [0.1, 0.15) is 0 Å². The van der Waals surface area contributed by atoms with Crippen LogP contribution < -0.4 is 38.0 Å². The molecule has 0 amide bonds. The molecule has 0 saturated carbocycles. The van der Waals surface area contributed by atoms with Gasteiger partial charge in [-0.1, -0.05) is 48.5 Å². The van der Waals surface area contributed by atoms with E-state index >= 15 is 0 Å². The highest BCUT2D eigenvalue weighted by molar-refractivity contribution is 5.73. The van der Waals surface area contributed by atoms with Gasteiger partial charge >= 0.3 is 0 Å². The lowest BCUT2D eigenvalue weighted by Crippen LogP contribution is -3.00. The number of fused-ring (bicyclic) bond motifs is 10. The molecule has 0 atom stereocenters. The molecule has 0 unspecified atom stereocenters. The number of hydrogen-bond acceptors (Lipinski definition) is 3. The molecule has 0 saturated heterocycles. The van der Waals surface area contributed by atoms with Gasteiger partial charge in [0, 0.05) is 5.56 Å². The van der Waals surface area contributed by atoms with E-state index in [0.717, 1.165) is 56.9 Å². The van der Waals surface area contributed by atoms with E-state index in [9.17, 15) is 0 Å². The van der Waals surface area contributed by atoms with Gasteiger partial charge in [0.15, 0.2) is 22.9 Å². The topological polar surface area (TPSA) is 45.1 Å². The van der Waals surface area contributed by atoms with Crippen molar-refractivity contribution in [1.29, 1.82) is 0 Å². The van der Waals surface area contributed by atoms with Crippen LogP contribution in [0.3, 0.4) is 0 Å². The summed E-state index contributed by atoms with van der Waals surface area (Å²) in [5.74, 6) is 3.49. The van der Waals surface area contributed by atoms with E-state index in [4.69, 9.17) is 9.47 Å². The molecule has 6 nitrogen and oxygen atoms in total. The minimum Gasteiger partial charge on any atom is -1.00 e. The van der Waals surface area contributed by atoms with Crippen LogP contribution in [0.15, 0.2) is 122 Å². The lowest BCUT2D eigenvalue weighted by atomic mass is 10.1. The molecule has 38 heavy (non-hydrogen) atoms. The summed E-state index contributed by atoms with van der Waals surface area (Å²) in [5, 5.41) is 0. The fourth-order valence-corrected chi connectivity index (χ4v) is 4.87. The van der Waals surface area contributed by atoms with Crippen LogP contribution >= 0.6 is 0 Å². The maximum absolute atomic E-state index is 6.05. The molecule has 2 aliphatic rings. The second-order valence-corrected chi connectivity index (χ2v) is 8.95. The van der Waals surface area contributed by atoms with Crippen LogP contribution in [0, 0.1) is 0 Å². The Morgan fingerprint density at radius 3 is 1.74 bits per heavy atom.